The Hall–Kier alpha value is -2.41. The highest BCUT2D eigenvalue weighted by atomic mass is 32.1. The Balaban J connectivity index is 1.64. The molecule has 0 fully saturated rings. The molecular weight excluding hydrogens is 348 g/mol. The lowest BCUT2D eigenvalue weighted by Gasteiger charge is -2.39. The van der Waals surface area contributed by atoms with Gasteiger partial charge in [-0.25, -0.2) is 4.98 Å². The zero-order valence-corrected chi connectivity index (χ0v) is 16.0. The molecule has 0 unspecified atom stereocenters. The van der Waals surface area contributed by atoms with Gasteiger partial charge in [0, 0.05) is 29.9 Å². The molecule has 26 heavy (non-hydrogen) atoms. The molecule has 7 heteroatoms. The van der Waals surface area contributed by atoms with Crippen LogP contribution in [0.25, 0.3) is 10.2 Å². The number of amides is 1. The van der Waals surface area contributed by atoms with Crippen molar-refractivity contribution in [2.45, 2.75) is 39.9 Å². The smallest absolute Gasteiger partial charge is 0.262 e. The van der Waals surface area contributed by atoms with Crippen LogP contribution in [0.4, 0.5) is 0 Å². The molecule has 4 heterocycles. The van der Waals surface area contributed by atoms with E-state index in [0.717, 1.165) is 21.9 Å². The van der Waals surface area contributed by atoms with E-state index in [0.29, 0.717) is 17.8 Å². The van der Waals surface area contributed by atoms with E-state index in [1.54, 1.807) is 0 Å². The average Bonchev–Trinajstić information content (AvgIpc) is 3.22. The summed E-state index contributed by atoms with van der Waals surface area (Å²) in [7, 11) is 0. The lowest BCUT2D eigenvalue weighted by molar-refractivity contribution is -0.136. The fourth-order valence-electron chi connectivity index (χ4n) is 3.82. The Morgan fingerprint density at radius 1 is 1.38 bits per heavy atom. The van der Waals surface area contributed by atoms with Crippen molar-refractivity contribution in [3.8, 4) is 0 Å². The fourth-order valence-corrected chi connectivity index (χ4v) is 4.66. The van der Waals surface area contributed by atoms with Gasteiger partial charge in [-0.05, 0) is 31.0 Å². The van der Waals surface area contributed by atoms with Gasteiger partial charge >= 0.3 is 0 Å². The van der Waals surface area contributed by atoms with Crippen LogP contribution in [0.15, 0.2) is 35.5 Å². The maximum atomic E-state index is 13.0. The molecule has 1 amide bonds. The molecule has 1 aliphatic heterocycles. The normalized spacial score (nSPS) is 17.1. The van der Waals surface area contributed by atoms with Gasteiger partial charge in [0.1, 0.15) is 11.4 Å². The standard InChI is InChI=1S/C19H22N4O2S/c1-12(2)17-15-5-4-6-21(15)7-8-23(17)16(24)10-22-11-20-18-14(19(22)25)9-13(3)26-18/h4-6,9,11-12,17H,7-8,10H2,1-3H3/t17-/m1/s1. The first-order chi connectivity index (χ1) is 12.5. The van der Waals surface area contributed by atoms with Crippen LogP contribution < -0.4 is 5.56 Å². The summed E-state index contributed by atoms with van der Waals surface area (Å²) in [6.45, 7) is 7.68. The highest BCUT2D eigenvalue weighted by Crippen LogP contribution is 2.32. The second-order valence-electron chi connectivity index (χ2n) is 7.16. The molecule has 1 atom stereocenters. The van der Waals surface area contributed by atoms with Gasteiger partial charge in [0.2, 0.25) is 5.91 Å². The van der Waals surface area contributed by atoms with Crippen LogP contribution in [0, 0.1) is 12.8 Å². The molecule has 0 N–H and O–H groups in total. The topological polar surface area (TPSA) is 60.1 Å². The van der Waals surface area contributed by atoms with Gasteiger partial charge in [0.05, 0.1) is 17.8 Å². The highest BCUT2D eigenvalue weighted by Gasteiger charge is 2.33. The maximum absolute atomic E-state index is 13.0. The molecule has 1 aliphatic rings. The molecule has 0 saturated heterocycles. The van der Waals surface area contributed by atoms with Crippen molar-refractivity contribution in [3.63, 3.8) is 0 Å². The maximum Gasteiger partial charge on any atom is 0.262 e. The van der Waals surface area contributed by atoms with E-state index in [1.165, 1.54) is 22.2 Å². The molecular formula is C19H22N4O2S. The molecule has 0 saturated carbocycles. The molecule has 6 nitrogen and oxygen atoms in total. The lowest BCUT2D eigenvalue weighted by atomic mass is 9.97. The number of aromatic nitrogens is 3. The van der Waals surface area contributed by atoms with Crippen LogP contribution in [-0.4, -0.2) is 31.5 Å². The first-order valence-corrected chi connectivity index (χ1v) is 9.67. The SMILES string of the molecule is Cc1cc2c(=O)n(CC(=O)N3CCn4cccc4[C@H]3C(C)C)cnc2s1. The monoisotopic (exact) mass is 370 g/mol. The summed E-state index contributed by atoms with van der Waals surface area (Å²) in [5, 5.41) is 0.593. The summed E-state index contributed by atoms with van der Waals surface area (Å²) in [6, 6.07) is 5.99. The van der Waals surface area contributed by atoms with Gasteiger partial charge in [0.25, 0.3) is 5.56 Å². The first-order valence-electron chi connectivity index (χ1n) is 8.86. The third kappa shape index (κ3) is 2.76. The van der Waals surface area contributed by atoms with Crippen molar-refractivity contribution in [3.05, 3.63) is 51.6 Å². The van der Waals surface area contributed by atoms with E-state index in [1.807, 2.05) is 24.0 Å². The zero-order valence-electron chi connectivity index (χ0n) is 15.2. The molecule has 0 aromatic carbocycles. The van der Waals surface area contributed by atoms with Gasteiger partial charge in [-0.3, -0.25) is 14.2 Å². The van der Waals surface area contributed by atoms with Gasteiger partial charge in [0.15, 0.2) is 0 Å². The Kier molecular flexibility index (Phi) is 4.19. The third-order valence-corrected chi connectivity index (χ3v) is 5.94. The predicted molar refractivity (Wildman–Crippen MR) is 102 cm³/mol. The van der Waals surface area contributed by atoms with Gasteiger partial charge in [-0.15, -0.1) is 11.3 Å². The van der Waals surface area contributed by atoms with E-state index < -0.39 is 0 Å². The third-order valence-electron chi connectivity index (χ3n) is 4.98. The molecule has 3 aromatic rings. The zero-order chi connectivity index (χ0) is 18.4. The number of thiophene rings is 1. The van der Waals surface area contributed by atoms with E-state index in [-0.39, 0.29) is 24.1 Å². The van der Waals surface area contributed by atoms with Crippen LogP contribution in [0.2, 0.25) is 0 Å². The number of hydrogen-bond donors (Lipinski definition) is 0. The van der Waals surface area contributed by atoms with E-state index in [2.05, 4.69) is 35.7 Å². The van der Waals surface area contributed by atoms with Crippen LogP contribution in [-0.2, 0) is 17.9 Å². The Morgan fingerprint density at radius 2 is 2.19 bits per heavy atom. The molecule has 3 aromatic heterocycles. The number of hydrogen-bond acceptors (Lipinski definition) is 4. The lowest BCUT2D eigenvalue weighted by Crippen LogP contribution is -2.46. The van der Waals surface area contributed by atoms with Crippen molar-refractivity contribution in [2.24, 2.45) is 5.92 Å². The summed E-state index contributed by atoms with van der Waals surface area (Å²) >= 11 is 1.50. The number of carbonyl (C=O) groups excluding carboxylic acids is 1. The van der Waals surface area contributed by atoms with Gasteiger partial charge in [-0.1, -0.05) is 13.8 Å². The van der Waals surface area contributed by atoms with Crippen molar-refractivity contribution in [2.75, 3.05) is 6.54 Å². The summed E-state index contributed by atoms with van der Waals surface area (Å²) < 4.78 is 3.64. The Labute approximate surface area is 155 Å². The average molecular weight is 370 g/mol. The second-order valence-corrected chi connectivity index (χ2v) is 8.39. The molecule has 0 aliphatic carbocycles. The number of aryl methyl sites for hydroxylation is 1. The molecule has 0 spiro atoms. The summed E-state index contributed by atoms with van der Waals surface area (Å²) in [6.07, 6.45) is 3.56. The van der Waals surface area contributed by atoms with E-state index in [4.69, 9.17) is 0 Å². The summed E-state index contributed by atoms with van der Waals surface area (Å²) in [5.41, 5.74) is 1.02. The van der Waals surface area contributed by atoms with Gasteiger partial charge in [-0.2, -0.15) is 0 Å². The number of nitrogens with zero attached hydrogens (tertiary/aromatic N) is 4. The van der Waals surface area contributed by atoms with Crippen LogP contribution in [0.1, 0.15) is 30.5 Å². The quantitative estimate of drug-likeness (QED) is 0.712. The Bertz CT molecular complexity index is 1030. The minimum absolute atomic E-state index is 0.0284. The fraction of sp³-hybridized carbons (Fsp3) is 0.421. The molecule has 0 bridgehead atoms. The number of rotatable bonds is 3. The summed E-state index contributed by atoms with van der Waals surface area (Å²) in [5.74, 6) is 0.260. The van der Waals surface area contributed by atoms with Crippen molar-refractivity contribution in [1.29, 1.82) is 0 Å². The number of fused-ring (bicyclic) bond motifs is 2. The van der Waals surface area contributed by atoms with Gasteiger partial charge < -0.3 is 9.47 Å². The first kappa shape index (κ1) is 17.0. The van der Waals surface area contributed by atoms with Crippen molar-refractivity contribution < 1.29 is 4.79 Å². The van der Waals surface area contributed by atoms with Crippen molar-refractivity contribution >= 4 is 27.5 Å². The number of carbonyl (C=O) groups is 1. The highest BCUT2D eigenvalue weighted by molar-refractivity contribution is 7.18. The predicted octanol–water partition coefficient (Wildman–Crippen LogP) is 2.81. The summed E-state index contributed by atoms with van der Waals surface area (Å²) in [4.78, 5) is 33.8. The molecule has 4 rings (SSSR count). The minimum Gasteiger partial charge on any atom is -0.348 e. The largest absolute Gasteiger partial charge is 0.348 e. The van der Waals surface area contributed by atoms with E-state index in [9.17, 15) is 9.59 Å². The van der Waals surface area contributed by atoms with E-state index >= 15 is 0 Å². The minimum atomic E-state index is -0.144. The van der Waals surface area contributed by atoms with Crippen molar-refractivity contribution in [1.82, 2.24) is 19.0 Å². The van der Waals surface area contributed by atoms with Crippen LogP contribution >= 0.6 is 11.3 Å². The molecule has 0 radical (unpaired) electrons. The second kappa shape index (κ2) is 6.39. The van der Waals surface area contributed by atoms with Crippen LogP contribution in [0.5, 0.6) is 0 Å². The Morgan fingerprint density at radius 3 is 2.96 bits per heavy atom. The van der Waals surface area contributed by atoms with Crippen LogP contribution in [0.3, 0.4) is 0 Å². The molecule has 136 valence electrons.